The highest BCUT2D eigenvalue weighted by Crippen LogP contribution is 2.30. The molecule has 0 aliphatic heterocycles. The first-order valence-electron chi connectivity index (χ1n) is 7.67. The number of esters is 1. The predicted molar refractivity (Wildman–Crippen MR) is 92.4 cm³/mol. The Labute approximate surface area is 145 Å². The molecule has 1 atom stereocenters. The molecule has 0 aromatic heterocycles. The lowest BCUT2D eigenvalue weighted by atomic mass is 10.1. The Balaban J connectivity index is 2.22. The zero-order chi connectivity index (χ0) is 18.6. The molecule has 0 aliphatic rings. The third kappa shape index (κ3) is 5.02. The van der Waals surface area contributed by atoms with Gasteiger partial charge in [0, 0.05) is 17.7 Å². The zero-order valence-corrected chi connectivity index (χ0v) is 14.3. The van der Waals surface area contributed by atoms with Crippen LogP contribution < -0.4 is 10.5 Å². The number of non-ortho nitro benzene ring substituents is 1. The van der Waals surface area contributed by atoms with Gasteiger partial charge in [-0.15, -0.1) is 0 Å². The van der Waals surface area contributed by atoms with E-state index in [-0.39, 0.29) is 5.69 Å². The topological polar surface area (TPSA) is 105 Å². The molecule has 0 heterocycles. The summed E-state index contributed by atoms with van der Waals surface area (Å²) in [6.07, 6.45) is 0. The molecule has 7 nitrogen and oxygen atoms in total. The van der Waals surface area contributed by atoms with E-state index in [2.05, 4.69) is 0 Å². The maximum atomic E-state index is 12.2. The van der Waals surface area contributed by atoms with E-state index in [0.29, 0.717) is 17.1 Å². The second kappa shape index (κ2) is 7.31. The summed E-state index contributed by atoms with van der Waals surface area (Å²) in [5.74, 6) is 0.219. The number of carbonyl (C=O) groups is 1. The summed E-state index contributed by atoms with van der Waals surface area (Å²) in [5.41, 5.74) is 5.80. The van der Waals surface area contributed by atoms with E-state index in [1.54, 1.807) is 45.0 Å². The lowest BCUT2D eigenvalue weighted by Gasteiger charge is -2.23. The first-order chi connectivity index (χ1) is 11.7. The van der Waals surface area contributed by atoms with Crippen molar-refractivity contribution in [2.45, 2.75) is 32.4 Å². The van der Waals surface area contributed by atoms with Crippen LogP contribution in [0.15, 0.2) is 48.5 Å². The summed E-state index contributed by atoms with van der Waals surface area (Å²) in [4.78, 5) is 22.4. The molecule has 2 aromatic carbocycles. The lowest BCUT2D eigenvalue weighted by molar-refractivity contribution is -0.384. The van der Waals surface area contributed by atoms with Gasteiger partial charge in [0.15, 0.2) is 0 Å². The Hall–Kier alpha value is -2.93. The van der Waals surface area contributed by atoms with Crippen molar-refractivity contribution in [2.75, 3.05) is 0 Å². The van der Waals surface area contributed by atoms with Gasteiger partial charge in [-0.25, -0.2) is 4.79 Å². The standard InChI is InChI=1S/C18H20N2O5/c1-18(2,3)25-17(21)16(19)14-6-4-5-7-15(14)24-13-10-8-12(9-11-13)20(22)23/h4-11,16H,19H2,1-3H3. The second-order valence-corrected chi connectivity index (χ2v) is 6.40. The highest BCUT2D eigenvalue weighted by atomic mass is 16.6. The lowest BCUT2D eigenvalue weighted by Crippen LogP contribution is -2.31. The second-order valence-electron chi connectivity index (χ2n) is 6.40. The molecule has 0 radical (unpaired) electrons. The van der Waals surface area contributed by atoms with Gasteiger partial charge < -0.3 is 15.2 Å². The number of nitro groups is 1. The van der Waals surface area contributed by atoms with Gasteiger partial charge in [0.2, 0.25) is 0 Å². The van der Waals surface area contributed by atoms with Crippen LogP contribution in [0.3, 0.4) is 0 Å². The molecule has 7 heteroatoms. The molecule has 1 unspecified atom stereocenters. The summed E-state index contributed by atoms with van der Waals surface area (Å²) in [5, 5.41) is 10.7. The Morgan fingerprint density at radius 3 is 2.28 bits per heavy atom. The van der Waals surface area contributed by atoms with E-state index < -0.39 is 22.5 Å². The summed E-state index contributed by atoms with van der Waals surface area (Å²) < 4.78 is 11.0. The normalized spacial score (nSPS) is 12.3. The average molecular weight is 344 g/mol. The largest absolute Gasteiger partial charge is 0.459 e. The smallest absolute Gasteiger partial charge is 0.328 e. The molecule has 2 rings (SSSR count). The van der Waals surface area contributed by atoms with Crippen molar-refractivity contribution in [1.29, 1.82) is 0 Å². The van der Waals surface area contributed by atoms with Gasteiger partial charge in [-0.3, -0.25) is 10.1 Å². The van der Waals surface area contributed by atoms with E-state index in [9.17, 15) is 14.9 Å². The summed E-state index contributed by atoms with van der Waals surface area (Å²) in [6, 6.07) is 11.5. The number of para-hydroxylation sites is 1. The van der Waals surface area contributed by atoms with Crippen molar-refractivity contribution in [3.63, 3.8) is 0 Å². The Bertz CT molecular complexity index is 766. The van der Waals surface area contributed by atoms with Crippen LogP contribution in [0, 0.1) is 10.1 Å². The number of carbonyl (C=O) groups excluding carboxylic acids is 1. The molecule has 2 N–H and O–H groups in total. The zero-order valence-electron chi connectivity index (χ0n) is 14.3. The maximum absolute atomic E-state index is 12.2. The number of nitro benzene ring substituents is 1. The van der Waals surface area contributed by atoms with Crippen LogP contribution in [0.4, 0.5) is 5.69 Å². The molecule has 0 amide bonds. The van der Waals surface area contributed by atoms with Crippen LogP contribution >= 0.6 is 0 Å². The Kier molecular flexibility index (Phi) is 5.38. The van der Waals surface area contributed by atoms with Gasteiger partial charge in [-0.05, 0) is 39.0 Å². The molecule has 0 fully saturated rings. The van der Waals surface area contributed by atoms with Crippen molar-refractivity contribution in [3.05, 3.63) is 64.2 Å². The fraction of sp³-hybridized carbons (Fsp3) is 0.278. The Morgan fingerprint density at radius 1 is 1.12 bits per heavy atom. The highest BCUT2D eigenvalue weighted by molar-refractivity contribution is 5.78. The van der Waals surface area contributed by atoms with Crippen LogP contribution in [0.1, 0.15) is 32.4 Å². The van der Waals surface area contributed by atoms with E-state index in [4.69, 9.17) is 15.2 Å². The Morgan fingerprint density at radius 2 is 1.72 bits per heavy atom. The summed E-state index contributed by atoms with van der Waals surface area (Å²) >= 11 is 0. The molecular formula is C18H20N2O5. The first-order valence-corrected chi connectivity index (χ1v) is 7.67. The molecular weight excluding hydrogens is 324 g/mol. The average Bonchev–Trinajstić information content (AvgIpc) is 2.53. The molecule has 25 heavy (non-hydrogen) atoms. The van der Waals surface area contributed by atoms with Crippen LogP contribution in [0.2, 0.25) is 0 Å². The SMILES string of the molecule is CC(C)(C)OC(=O)C(N)c1ccccc1Oc1ccc([N+](=O)[O-])cc1. The van der Waals surface area contributed by atoms with Gasteiger partial charge >= 0.3 is 5.97 Å². The molecule has 0 aliphatic carbocycles. The molecule has 132 valence electrons. The van der Waals surface area contributed by atoms with Gasteiger partial charge in [-0.1, -0.05) is 18.2 Å². The van der Waals surface area contributed by atoms with Gasteiger partial charge in [0.1, 0.15) is 23.1 Å². The fourth-order valence-corrected chi connectivity index (χ4v) is 2.09. The number of benzene rings is 2. The number of rotatable bonds is 5. The van der Waals surface area contributed by atoms with Crippen molar-refractivity contribution in [1.82, 2.24) is 0 Å². The van der Waals surface area contributed by atoms with Crippen LogP contribution in [-0.2, 0) is 9.53 Å². The third-order valence-corrected chi connectivity index (χ3v) is 3.19. The summed E-state index contributed by atoms with van der Waals surface area (Å²) in [6.45, 7) is 5.28. The number of nitrogens with zero attached hydrogens (tertiary/aromatic N) is 1. The van der Waals surface area contributed by atoms with Crippen molar-refractivity contribution in [2.24, 2.45) is 5.73 Å². The van der Waals surface area contributed by atoms with Gasteiger partial charge in [0.05, 0.1) is 4.92 Å². The summed E-state index contributed by atoms with van der Waals surface area (Å²) in [7, 11) is 0. The van der Waals surface area contributed by atoms with Crippen LogP contribution in [0.5, 0.6) is 11.5 Å². The van der Waals surface area contributed by atoms with Crippen molar-refractivity contribution >= 4 is 11.7 Å². The molecule has 2 aromatic rings. The third-order valence-electron chi connectivity index (χ3n) is 3.19. The number of hydrogen-bond donors (Lipinski definition) is 1. The van der Waals surface area contributed by atoms with E-state index >= 15 is 0 Å². The number of ether oxygens (including phenoxy) is 2. The molecule has 0 saturated heterocycles. The fourth-order valence-electron chi connectivity index (χ4n) is 2.09. The van der Waals surface area contributed by atoms with Gasteiger partial charge in [0.25, 0.3) is 5.69 Å². The quantitative estimate of drug-likeness (QED) is 0.503. The minimum Gasteiger partial charge on any atom is -0.459 e. The monoisotopic (exact) mass is 344 g/mol. The maximum Gasteiger partial charge on any atom is 0.328 e. The van der Waals surface area contributed by atoms with E-state index in [1.807, 2.05) is 0 Å². The molecule has 0 spiro atoms. The minimum absolute atomic E-state index is 0.0360. The minimum atomic E-state index is -1.01. The number of hydrogen-bond acceptors (Lipinski definition) is 6. The highest BCUT2D eigenvalue weighted by Gasteiger charge is 2.25. The van der Waals surface area contributed by atoms with E-state index in [1.165, 1.54) is 24.3 Å². The van der Waals surface area contributed by atoms with Gasteiger partial charge in [-0.2, -0.15) is 0 Å². The van der Waals surface area contributed by atoms with E-state index in [0.717, 1.165) is 0 Å². The van der Waals surface area contributed by atoms with Crippen molar-refractivity contribution in [3.8, 4) is 11.5 Å². The molecule has 0 bridgehead atoms. The van der Waals surface area contributed by atoms with Crippen LogP contribution in [-0.4, -0.2) is 16.5 Å². The predicted octanol–water partition coefficient (Wildman–Crippen LogP) is 3.73. The number of nitrogens with two attached hydrogens (primary N) is 1. The molecule has 0 saturated carbocycles. The first kappa shape index (κ1) is 18.4. The van der Waals surface area contributed by atoms with Crippen molar-refractivity contribution < 1.29 is 19.2 Å². The van der Waals surface area contributed by atoms with Crippen LogP contribution in [0.25, 0.3) is 0 Å².